The number of carbonyl (C=O) groups is 1. The molecule has 1 N–H and O–H groups in total. The zero-order valence-electron chi connectivity index (χ0n) is 9.75. The largest absolute Gasteiger partial charge is 0.465 e. The highest BCUT2D eigenvalue weighted by Crippen LogP contribution is 2.31. The molecule has 0 bridgehead atoms. The van der Waals surface area contributed by atoms with Crippen LogP contribution >= 0.6 is 34.2 Å². The Hall–Kier alpha value is -1.09. The van der Waals surface area contributed by atoms with Gasteiger partial charge >= 0.3 is 6.09 Å². The summed E-state index contributed by atoms with van der Waals surface area (Å²) >= 11 is 8.28. The Morgan fingerprint density at radius 2 is 2.32 bits per heavy atom. The number of hydrogen-bond donors (Lipinski definition) is 1. The first-order valence-corrected chi connectivity index (χ1v) is 7.18. The molecule has 0 aliphatic carbocycles. The second-order valence-electron chi connectivity index (χ2n) is 4.42. The highest BCUT2D eigenvalue weighted by Gasteiger charge is 2.28. The van der Waals surface area contributed by atoms with Gasteiger partial charge in [-0.05, 0) is 29.0 Å². The van der Waals surface area contributed by atoms with Crippen molar-refractivity contribution < 1.29 is 9.90 Å². The van der Waals surface area contributed by atoms with Gasteiger partial charge in [0.15, 0.2) is 0 Å². The fourth-order valence-electron chi connectivity index (χ4n) is 2.43. The highest BCUT2D eigenvalue weighted by atomic mass is 127. The minimum absolute atomic E-state index is 0.105. The molecule has 1 aliphatic heterocycles. The number of carboxylic acid groups (broad SMARTS) is 1. The van der Waals surface area contributed by atoms with E-state index in [0.717, 1.165) is 21.0 Å². The lowest BCUT2D eigenvalue weighted by molar-refractivity contribution is 0.154. The smallest absolute Gasteiger partial charge is 0.407 e. The number of hydrogen-bond acceptors (Lipinski definition) is 3. The van der Waals surface area contributed by atoms with Crippen LogP contribution in [0.5, 0.6) is 0 Å². The summed E-state index contributed by atoms with van der Waals surface area (Å²) in [6.45, 7) is 1.03. The van der Waals surface area contributed by atoms with E-state index in [-0.39, 0.29) is 6.04 Å². The highest BCUT2D eigenvalue weighted by molar-refractivity contribution is 14.1. The van der Waals surface area contributed by atoms with Crippen LogP contribution in [0.4, 0.5) is 4.79 Å². The maximum absolute atomic E-state index is 11.0. The van der Waals surface area contributed by atoms with Gasteiger partial charge in [-0.2, -0.15) is 0 Å². The van der Waals surface area contributed by atoms with E-state index in [1.165, 1.54) is 11.2 Å². The first-order valence-electron chi connectivity index (χ1n) is 5.72. The Bertz CT molecular complexity index is 659. The summed E-state index contributed by atoms with van der Waals surface area (Å²) in [7, 11) is 0. The zero-order chi connectivity index (χ0) is 13.6. The molecule has 1 aliphatic rings. The van der Waals surface area contributed by atoms with E-state index < -0.39 is 6.09 Å². The van der Waals surface area contributed by atoms with E-state index in [1.54, 1.807) is 0 Å². The molecule has 2 aromatic rings. The van der Waals surface area contributed by atoms with Crippen molar-refractivity contribution in [3.8, 4) is 0 Å². The molecule has 3 rings (SSSR count). The Labute approximate surface area is 127 Å². The van der Waals surface area contributed by atoms with Gasteiger partial charge in [0.25, 0.3) is 0 Å². The van der Waals surface area contributed by atoms with Crippen molar-refractivity contribution in [1.82, 2.24) is 19.4 Å². The van der Waals surface area contributed by atoms with Crippen molar-refractivity contribution in [3.63, 3.8) is 0 Å². The van der Waals surface area contributed by atoms with Gasteiger partial charge in [0.1, 0.15) is 17.1 Å². The molecule has 0 radical (unpaired) electrons. The van der Waals surface area contributed by atoms with Crippen molar-refractivity contribution >= 4 is 51.3 Å². The number of fused-ring (bicyclic) bond motifs is 1. The predicted octanol–water partition coefficient (Wildman–Crippen LogP) is 2.61. The number of amides is 1. The van der Waals surface area contributed by atoms with Gasteiger partial charge in [-0.15, -0.1) is 0 Å². The van der Waals surface area contributed by atoms with E-state index >= 15 is 0 Å². The quantitative estimate of drug-likeness (QED) is 0.598. The van der Waals surface area contributed by atoms with E-state index in [2.05, 4.69) is 32.6 Å². The van der Waals surface area contributed by atoms with Gasteiger partial charge in [-0.25, -0.2) is 14.8 Å². The van der Waals surface area contributed by atoms with Crippen molar-refractivity contribution in [3.05, 3.63) is 21.2 Å². The molecule has 1 fully saturated rings. The maximum atomic E-state index is 11.0. The van der Waals surface area contributed by atoms with Gasteiger partial charge < -0.3 is 14.6 Å². The van der Waals surface area contributed by atoms with Gasteiger partial charge in [-0.1, -0.05) is 11.6 Å². The van der Waals surface area contributed by atoms with Crippen LogP contribution in [0.3, 0.4) is 0 Å². The van der Waals surface area contributed by atoms with Crippen LogP contribution in [0.1, 0.15) is 12.5 Å². The Morgan fingerprint density at radius 1 is 1.53 bits per heavy atom. The van der Waals surface area contributed by atoms with Crippen LogP contribution in [0.15, 0.2) is 12.5 Å². The summed E-state index contributed by atoms with van der Waals surface area (Å²) in [6.07, 6.45) is 3.30. The maximum Gasteiger partial charge on any atom is 0.407 e. The SMILES string of the molecule is O=C(O)N1CC[C@H](n2cc(I)c3c(Cl)ncnc32)C1. The van der Waals surface area contributed by atoms with E-state index in [4.69, 9.17) is 16.7 Å². The van der Waals surface area contributed by atoms with E-state index in [0.29, 0.717) is 18.2 Å². The Kier molecular flexibility index (Phi) is 3.25. The molecule has 0 saturated carbocycles. The molecule has 8 heteroatoms. The van der Waals surface area contributed by atoms with Crippen molar-refractivity contribution in [2.75, 3.05) is 13.1 Å². The van der Waals surface area contributed by atoms with Gasteiger partial charge in [0, 0.05) is 22.9 Å². The average molecular weight is 393 g/mol. The number of nitrogens with zero attached hydrogens (tertiary/aromatic N) is 4. The van der Waals surface area contributed by atoms with Crippen molar-refractivity contribution in [1.29, 1.82) is 0 Å². The fraction of sp³-hybridized carbons (Fsp3) is 0.364. The average Bonchev–Trinajstić information content (AvgIpc) is 2.95. The summed E-state index contributed by atoms with van der Waals surface area (Å²) < 4.78 is 2.99. The fourth-order valence-corrected chi connectivity index (χ4v) is 3.61. The number of likely N-dealkylation sites (tertiary alicyclic amines) is 1. The molecule has 19 heavy (non-hydrogen) atoms. The second-order valence-corrected chi connectivity index (χ2v) is 5.94. The molecule has 2 aromatic heterocycles. The summed E-state index contributed by atoms with van der Waals surface area (Å²) in [6, 6.07) is 0.105. The van der Waals surface area contributed by atoms with Crippen LogP contribution < -0.4 is 0 Å². The first-order chi connectivity index (χ1) is 9.08. The molecule has 1 amide bonds. The number of rotatable bonds is 1. The minimum Gasteiger partial charge on any atom is -0.465 e. The van der Waals surface area contributed by atoms with Crippen LogP contribution in [-0.4, -0.2) is 43.7 Å². The molecular weight excluding hydrogens is 383 g/mol. The molecular formula is C11H10ClIN4O2. The molecule has 3 heterocycles. The van der Waals surface area contributed by atoms with Gasteiger partial charge in [0.2, 0.25) is 0 Å². The molecule has 100 valence electrons. The van der Waals surface area contributed by atoms with Crippen LogP contribution in [0.25, 0.3) is 11.0 Å². The van der Waals surface area contributed by atoms with E-state index in [1.807, 2.05) is 10.8 Å². The zero-order valence-corrected chi connectivity index (χ0v) is 12.7. The summed E-state index contributed by atoms with van der Waals surface area (Å²) in [5, 5.41) is 10.3. The lowest BCUT2D eigenvalue weighted by Crippen LogP contribution is -2.27. The summed E-state index contributed by atoms with van der Waals surface area (Å²) in [4.78, 5) is 20.6. The molecule has 0 aromatic carbocycles. The third-order valence-corrected chi connectivity index (χ3v) is 4.45. The van der Waals surface area contributed by atoms with Crippen molar-refractivity contribution in [2.45, 2.75) is 12.5 Å². The predicted molar refractivity (Wildman–Crippen MR) is 78.5 cm³/mol. The van der Waals surface area contributed by atoms with Crippen LogP contribution in [0, 0.1) is 3.57 Å². The van der Waals surface area contributed by atoms with Gasteiger partial charge in [-0.3, -0.25) is 0 Å². The lowest BCUT2D eigenvalue weighted by atomic mass is 10.2. The molecule has 1 saturated heterocycles. The molecule has 0 spiro atoms. The lowest BCUT2D eigenvalue weighted by Gasteiger charge is -2.14. The van der Waals surface area contributed by atoms with Crippen molar-refractivity contribution in [2.24, 2.45) is 0 Å². The summed E-state index contributed by atoms with van der Waals surface area (Å²) in [5.74, 6) is 0. The Balaban J connectivity index is 2.03. The van der Waals surface area contributed by atoms with Gasteiger partial charge in [0.05, 0.1) is 11.4 Å². The van der Waals surface area contributed by atoms with Crippen LogP contribution in [-0.2, 0) is 0 Å². The summed E-state index contributed by atoms with van der Waals surface area (Å²) in [5.41, 5.74) is 0.765. The standard InChI is InChI=1S/C11H10ClIN4O2/c12-9-8-7(13)4-17(10(8)15-5-14-9)6-1-2-16(3-6)11(18)19/h4-6H,1-3H2,(H,18,19)/t6-/m0/s1. The third kappa shape index (κ3) is 2.14. The second kappa shape index (κ2) is 4.78. The topological polar surface area (TPSA) is 71.2 Å². The monoisotopic (exact) mass is 392 g/mol. The molecule has 6 nitrogen and oxygen atoms in total. The number of aromatic nitrogens is 3. The third-order valence-electron chi connectivity index (χ3n) is 3.34. The van der Waals surface area contributed by atoms with E-state index in [9.17, 15) is 4.79 Å². The Morgan fingerprint density at radius 3 is 3.00 bits per heavy atom. The number of halogens is 2. The minimum atomic E-state index is -0.874. The molecule has 0 unspecified atom stereocenters. The normalized spacial score (nSPS) is 19.3. The van der Waals surface area contributed by atoms with Crippen LogP contribution in [0.2, 0.25) is 5.15 Å². The first kappa shape index (κ1) is 12.9. The molecule has 1 atom stereocenters.